The Morgan fingerprint density at radius 2 is 1.85 bits per heavy atom. The van der Waals surface area contributed by atoms with Crippen LogP contribution in [0.4, 0.5) is 20.4 Å². The molecular formula is C13H17F2N5. The van der Waals surface area contributed by atoms with Crippen LogP contribution in [-0.4, -0.2) is 27.6 Å². The third kappa shape index (κ3) is 3.66. The zero-order valence-electron chi connectivity index (χ0n) is 11.2. The quantitative estimate of drug-likeness (QED) is 0.818. The van der Waals surface area contributed by atoms with Gasteiger partial charge in [0, 0.05) is 38.1 Å². The van der Waals surface area contributed by atoms with Crippen LogP contribution in [0.1, 0.15) is 13.3 Å². The number of hydrogen-bond donors (Lipinski definition) is 2. The van der Waals surface area contributed by atoms with Crippen molar-refractivity contribution in [3.05, 3.63) is 36.4 Å². The van der Waals surface area contributed by atoms with Crippen LogP contribution in [0.3, 0.4) is 0 Å². The lowest BCUT2D eigenvalue weighted by Crippen LogP contribution is -2.13. The Morgan fingerprint density at radius 1 is 1.15 bits per heavy atom. The summed E-state index contributed by atoms with van der Waals surface area (Å²) >= 11 is 0. The van der Waals surface area contributed by atoms with Gasteiger partial charge in [0.25, 0.3) is 0 Å². The van der Waals surface area contributed by atoms with Crippen LogP contribution in [0, 0.1) is 11.6 Å². The zero-order chi connectivity index (χ0) is 14.4. The molecule has 0 aromatic carbocycles. The van der Waals surface area contributed by atoms with Gasteiger partial charge in [-0.05, 0) is 6.42 Å². The molecule has 0 unspecified atom stereocenters. The van der Waals surface area contributed by atoms with Crippen molar-refractivity contribution < 1.29 is 8.78 Å². The maximum atomic E-state index is 13.6. The van der Waals surface area contributed by atoms with Crippen molar-refractivity contribution in [2.24, 2.45) is 0 Å². The van der Waals surface area contributed by atoms with E-state index in [0.717, 1.165) is 12.5 Å². The average molecular weight is 281 g/mol. The Morgan fingerprint density at radius 3 is 2.45 bits per heavy atom. The fourth-order valence-electron chi connectivity index (χ4n) is 1.68. The molecule has 7 heteroatoms. The first kappa shape index (κ1) is 14.2. The molecule has 0 aliphatic heterocycles. The number of pyridine rings is 1. The summed E-state index contributed by atoms with van der Waals surface area (Å²) in [4.78, 5) is 7.84. The molecule has 0 saturated heterocycles. The van der Waals surface area contributed by atoms with Gasteiger partial charge in [-0.25, -0.2) is 18.7 Å². The highest BCUT2D eigenvalue weighted by atomic mass is 19.1. The minimum atomic E-state index is -0.699. The highest BCUT2D eigenvalue weighted by Gasteiger charge is 2.11. The Hall–Kier alpha value is -2.18. The van der Waals surface area contributed by atoms with Gasteiger partial charge in [0.2, 0.25) is 0 Å². The number of halogens is 2. The van der Waals surface area contributed by atoms with Crippen LogP contribution >= 0.6 is 0 Å². The van der Waals surface area contributed by atoms with Gasteiger partial charge in [-0.1, -0.05) is 6.92 Å². The summed E-state index contributed by atoms with van der Waals surface area (Å²) in [5.41, 5.74) is 0. The van der Waals surface area contributed by atoms with Gasteiger partial charge in [-0.3, -0.25) is 0 Å². The van der Waals surface area contributed by atoms with Crippen LogP contribution in [-0.2, 0) is 6.54 Å². The second kappa shape index (κ2) is 6.83. The fraction of sp³-hybridized carbons (Fsp3) is 0.385. The number of aromatic nitrogens is 3. The second-order valence-electron chi connectivity index (χ2n) is 4.30. The molecule has 0 amide bonds. The van der Waals surface area contributed by atoms with E-state index in [1.165, 1.54) is 0 Å². The first-order valence-corrected chi connectivity index (χ1v) is 6.50. The molecule has 0 aliphatic carbocycles. The van der Waals surface area contributed by atoms with Gasteiger partial charge in [0.15, 0.2) is 23.3 Å². The van der Waals surface area contributed by atoms with Crippen LogP contribution in [0.15, 0.2) is 24.8 Å². The maximum absolute atomic E-state index is 13.6. The molecule has 0 spiro atoms. The number of nitrogens with zero attached hydrogens (tertiary/aromatic N) is 3. The van der Waals surface area contributed by atoms with Crippen molar-refractivity contribution in [2.75, 3.05) is 23.7 Å². The molecule has 2 aromatic rings. The standard InChI is InChI=1S/C13H17F2N5/c1-2-3-17-12-10(14)8-11(15)13(19-12)18-5-7-20-6-4-16-9-20/h4,6,8-9H,2-3,5,7H2,1H3,(H2,17,18,19). The first-order valence-electron chi connectivity index (χ1n) is 6.50. The topological polar surface area (TPSA) is 54.8 Å². The third-order valence-corrected chi connectivity index (χ3v) is 2.69. The zero-order valence-corrected chi connectivity index (χ0v) is 11.2. The Labute approximate surface area is 116 Å². The van der Waals surface area contributed by atoms with E-state index >= 15 is 0 Å². The minimum absolute atomic E-state index is 0.0464. The van der Waals surface area contributed by atoms with Crippen molar-refractivity contribution in [3.63, 3.8) is 0 Å². The normalized spacial score (nSPS) is 10.6. The van der Waals surface area contributed by atoms with E-state index in [1.807, 2.05) is 17.7 Å². The van der Waals surface area contributed by atoms with Crippen molar-refractivity contribution in [1.82, 2.24) is 14.5 Å². The van der Waals surface area contributed by atoms with Gasteiger partial charge >= 0.3 is 0 Å². The summed E-state index contributed by atoms with van der Waals surface area (Å²) < 4.78 is 29.0. The lowest BCUT2D eigenvalue weighted by molar-refractivity contribution is 0.576. The Kier molecular flexibility index (Phi) is 4.86. The summed E-state index contributed by atoms with van der Waals surface area (Å²) in [7, 11) is 0. The van der Waals surface area contributed by atoms with E-state index in [1.54, 1.807) is 12.5 Å². The number of rotatable bonds is 7. The van der Waals surface area contributed by atoms with Crippen molar-refractivity contribution >= 4 is 11.6 Å². The molecule has 20 heavy (non-hydrogen) atoms. The average Bonchev–Trinajstić information content (AvgIpc) is 2.93. The van der Waals surface area contributed by atoms with Gasteiger partial charge in [0.1, 0.15) is 0 Å². The molecule has 108 valence electrons. The predicted octanol–water partition coefficient (Wildman–Crippen LogP) is 2.49. The van der Waals surface area contributed by atoms with E-state index in [2.05, 4.69) is 20.6 Å². The molecule has 0 radical (unpaired) electrons. The highest BCUT2D eigenvalue weighted by Crippen LogP contribution is 2.18. The number of hydrogen-bond acceptors (Lipinski definition) is 4. The van der Waals surface area contributed by atoms with Gasteiger partial charge in [0.05, 0.1) is 6.33 Å². The Balaban J connectivity index is 1.99. The lowest BCUT2D eigenvalue weighted by Gasteiger charge is -2.11. The van der Waals surface area contributed by atoms with E-state index in [-0.39, 0.29) is 11.6 Å². The molecule has 0 atom stereocenters. The summed E-state index contributed by atoms with van der Waals surface area (Å²) in [5, 5.41) is 5.68. The fourth-order valence-corrected chi connectivity index (χ4v) is 1.68. The van der Waals surface area contributed by atoms with Crippen molar-refractivity contribution in [1.29, 1.82) is 0 Å². The molecule has 0 saturated carbocycles. The summed E-state index contributed by atoms with van der Waals surface area (Å²) in [6.07, 6.45) is 5.99. The monoisotopic (exact) mass is 281 g/mol. The molecule has 2 aromatic heterocycles. The summed E-state index contributed by atoms with van der Waals surface area (Å²) in [5.74, 6) is -1.27. The van der Waals surface area contributed by atoms with E-state index < -0.39 is 11.6 Å². The van der Waals surface area contributed by atoms with E-state index in [0.29, 0.717) is 19.6 Å². The molecule has 0 bridgehead atoms. The minimum Gasteiger partial charge on any atom is -0.368 e. The first-order chi connectivity index (χ1) is 9.70. The lowest BCUT2D eigenvalue weighted by atomic mass is 10.3. The molecule has 2 N–H and O–H groups in total. The predicted molar refractivity (Wildman–Crippen MR) is 73.7 cm³/mol. The smallest absolute Gasteiger partial charge is 0.168 e. The molecule has 2 heterocycles. The van der Waals surface area contributed by atoms with Crippen LogP contribution < -0.4 is 10.6 Å². The molecular weight excluding hydrogens is 264 g/mol. The molecule has 0 aliphatic rings. The second-order valence-corrected chi connectivity index (χ2v) is 4.30. The van der Waals surface area contributed by atoms with Crippen molar-refractivity contribution in [3.8, 4) is 0 Å². The number of imidazole rings is 1. The Bertz CT molecular complexity index is 542. The van der Waals surface area contributed by atoms with Gasteiger partial charge < -0.3 is 15.2 Å². The van der Waals surface area contributed by atoms with Crippen LogP contribution in [0.25, 0.3) is 0 Å². The number of nitrogens with one attached hydrogen (secondary N) is 2. The molecule has 0 fully saturated rings. The SMILES string of the molecule is CCCNc1nc(NCCn2ccnc2)c(F)cc1F. The number of anilines is 2. The van der Waals surface area contributed by atoms with Crippen molar-refractivity contribution in [2.45, 2.75) is 19.9 Å². The van der Waals surface area contributed by atoms with Crippen LogP contribution in [0.5, 0.6) is 0 Å². The van der Waals surface area contributed by atoms with Gasteiger partial charge in [-0.15, -0.1) is 0 Å². The summed E-state index contributed by atoms with van der Waals surface area (Å²) in [6, 6.07) is 0.838. The maximum Gasteiger partial charge on any atom is 0.168 e. The van der Waals surface area contributed by atoms with Gasteiger partial charge in [-0.2, -0.15) is 0 Å². The highest BCUT2D eigenvalue weighted by molar-refractivity contribution is 5.47. The molecule has 5 nitrogen and oxygen atoms in total. The molecule has 2 rings (SSSR count). The van der Waals surface area contributed by atoms with E-state index in [9.17, 15) is 8.78 Å². The largest absolute Gasteiger partial charge is 0.368 e. The summed E-state index contributed by atoms with van der Waals surface area (Å²) in [6.45, 7) is 3.64. The third-order valence-electron chi connectivity index (χ3n) is 2.69. The van der Waals surface area contributed by atoms with E-state index in [4.69, 9.17) is 0 Å². The van der Waals surface area contributed by atoms with Crippen LogP contribution in [0.2, 0.25) is 0 Å².